The second-order valence-corrected chi connectivity index (χ2v) is 13.7. The molecule has 3 amide bonds. The third kappa shape index (κ3) is 5.26. The van der Waals surface area contributed by atoms with Crippen LogP contribution in [0.25, 0.3) is 0 Å². The highest BCUT2D eigenvalue weighted by molar-refractivity contribution is 9.10. The Morgan fingerprint density at radius 3 is 2.29 bits per heavy atom. The van der Waals surface area contributed by atoms with Crippen LogP contribution >= 0.6 is 73.8 Å². The van der Waals surface area contributed by atoms with Crippen molar-refractivity contribution in [3.63, 3.8) is 0 Å². The number of carbonyl (C=O) groups excluding carboxylic acids is 3. The van der Waals surface area contributed by atoms with Gasteiger partial charge in [0.2, 0.25) is 17.7 Å². The predicted octanol–water partition coefficient (Wildman–Crippen LogP) is 7.07. The maximum Gasteiger partial charge on any atom is 0.308 e. The molecule has 41 heavy (non-hydrogen) atoms. The van der Waals surface area contributed by atoms with Gasteiger partial charge in [-0.1, -0.05) is 86.0 Å². The van der Waals surface area contributed by atoms with E-state index in [0.717, 1.165) is 33.1 Å². The lowest BCUT2D eigenvalue weighted by atomic mass is 9.83. The van der Waals surface area contributed by atoms with Crippen LogP contribution < -0.4 is 15.1 Å². The van der Waals surface area contributed by atoms with Crippen LogP contribution in [0.2, 0.25) is 15.1 Å². The average Bonchev–Trinajstić information content (AvgIpc) is 3.38. The minimum Gasteiger partial charge on any atom is -0.324 e. The highest BCUT2D eigenvalue weighted by Gasteiger charge is 2.56. The van der Waals surface area contributed by atoms with Crippen molar-refractivity contribution in [1.82, 2.24) is 4.57 Å². The topological polar surface area (TPSA) is 88.5 Å². The SMILES string of the molecule is O=C(Cn1c2c(sc1=O)[C@@H](c1ccc(Br)cc1)[C@@H]1C(=O)N(c3ccc(Cl)cc3)C(=O)[C@@H]1S2)Nc1ccc(Cl)c(Cl)c1. The first-order valence-corrected chi connectivity index (χ1v) is 15.8. The lowest BCUT2D eigenvalue weighted by Crippen LogP contribution is -2.33. The molecule has 0 radical (unpaired) electrons. The normalized spacial score (nSPS) is 19.7. The molecule has 3 aromatic carbocycles. The van der Waals surface area contributed by atoms with Gasteiger partial charge in [0.25, 0.3) is 0 Å². The van der Waals surface area contributed by atoms with Gasteiger partial charge >= 0.3 is 4.87 Å². The number of thiazole rings is 1. The molecule has 0 aliphatic carbocycles. The van der Waals surface area contributed by atoms with E-state index in [9.17, 15) is 19.2 Å². The lowest BCUT2D eigenvalue weighted by Gasteiger charge is -2.30. The molecule has 7 nitrogen and oxygen atoms in total. The number of imide groups is 1. The van der Waals surface area contributed by atoms with Crippen LogP contribution in [0.15, 0.2) is 81.0 Å². The lowest BCUT2D eigenvalue weighted by molar-refractivity contribution is -0.122. The number of anilines is 2. The van der Waals surface area contributed by atoms with Crippen molar-refractivity contribution in [3.05, 3.63) is 106 Å². The Morgan fingerprint density at radius 2 is 1.61 bits per heavy atom. The summed E-state index contributed by atoms with van der Waals surface area (Å²) in [4.78, 5) is 55.4. The van der Waals surface area contributed by atoms with Crippen LogP contribution in [-0.2, 0) is 20.9 Å². The molecular formula is C28H17BrCl3N3O4S2. The number of nitrogens with one attached hydrogen (secondary N) is 1. The number of fused-ring (bicyclic) bond motifs is 2. The predicted molar refractivity (Wildman–Crippen MR) is 167 cm³/mol. The molecule has 208 valence electrons. The van der Waals surface area contributed by atoms with E-state index in [1.807, 2.05) is 24.3 Å². The molecule has 0 spiro atoms. The molecule has 0 bridgehead atoms. The summed E-state index contributed by atoms with van der Waals surface area (Å²) in [6.07, 6.45) is 0. The van der Waals surface area contributed by atoms with Crippen LogP contribution in [0.4, 0.5) is 11.4 Å². The molecule has 6 rings (SSSR count). The smallest absolute Gasteiger partial charge is 0.308 e. The highest BCUT2D eigenvalue weighted by Crippen LogP contribution is 2.54. The van der Waals surface area contributed by atoms with E-state index in [0.29, 0.717) is 31.3 Å². The molecule has 0 saturated carbocycles. The number of thioether (sulfide) groups is 1. The van der Waals surface area contributed by atoms with Crippen LogP contribution in [0.1, 0.15) is 16.4 Å². The van der Waals surface area contributed by atoms with E-state index in [-0.39, 0.29) is 28.3 Å². The fourth-order valence-electron chi connectivity index (χ4n) is 5.05. The van der Waals surface area contributed by atoms with Gasteiger partial charge in [0, 0.05) is 26.0 Å². The maximum atomic E-state index is 13.9. The van der Waals surface area contributed by atoms with Gasteiger partial charge in [-0.05, 0) is 60.2 Å². The minimum atomic E-state index is -0.794. The second kappa shape index (κ2) is 11.2. The van der Waals surface area contributed by atoms with Gasteiger partial charge in [-0.15, -0.1) is 0 Å². The summed E-state index contributed by atoms with van der Waals surface area (Å²) in [5.74, 6) is -2.49. The van der Waals surface area contributed by atoms with E-state index < -0.39 is 23.0 Å². The molecule has 4 aromatic rings. The number of hydrogen-bond acceptors (Lipinski definition) is 6. The Labute approximate surface area is 265 Å². The second-order valence-electron chi connectivity index (χ2n) is 9.38. The number of amides is 3. The number of benzene rings is 3. The van der Waals surface area contributed by atoms with Gasteiger partial charge < -0.3 is 5.32 Å². The number of carbonyl (C=O) groups is 3. The maximum absolute atomic E-state index is 13.9. The monoisotopic (exact) mass is 707 g/mol. The van der Waals surface area contributed by atoms with Crippen molar-refractivity contribution in [2.24, 2.45) is 5.92 Å². The van der Waals surface area contributed by atoms with Crippen LogP contribution in [0, 0.1) is 5.92 Å². The van der Waals surface area contributed by atoms with E-state index in [1.165, 1.54) is 15.5 Å². The molecule has 2 aliphatic rings. The third-order valence-electron chi connectivity index (χ3n) is 6.87. The summed E-state index contributed by atoms with van der Waals surface area (Å²) in [5, 5.41) is 3.55. The summed E-state index contributed by atoms with van der Waals surface area (Å²) in [5.41, 5.74) is 1.64. The first-order valence-electron chi connectivity index (χ1n) is 12.2. The molecule has 3 heterocycles. The number of rotatable bonds is 5. The molecule has 3 atom stereocenters. The largest absolute Gasteiger partial charge is 0.324 e. The van der Waals surface area contributed by atoms with Gasteiger partial charge in [-0.3, -0.25) is 23.7 Å². The van der Waals surface area contributed by atoms with Crippen molar-refractivity contribution < 1.29 is 14.4 Å². The Hall–Kier alpha value is -2.60. The van der Waals surface area contributed by atoms with Crippen molar-refractivity contribution in [3.8, 4) is 0 Å². The molecular weight excluding hydrogens is 693 g/mol. The van der Waals surface area contributed by atoms with Gasteiger partial charge in [0.15, 0.2) is 0 Å². The van der Waals surface area contributed by atoms with E-state index in [4.69, 9.17) is 34.8 Å². The summed E-state index contributed by atoms with van der Waals surface area (Å²) in [6.45, 7) is -0.286. The van der Waals surface area contributed by atoms with Gasteiger partial charge in [0.1, 0.15) is 11.8 Å². The Morgan fingerprint density at radius 1 is 0.902 bits per heavy atom. The van der Waals surface area contributed by atoms with Crippen molar-refractivity contribution >= 4 is 103 Å². The average molecular weight is 710 g/mol. The molecule has 1 saturated heterocycles. The van der Waals surface area contributed by atoms with Crippen LogP contribution in [0.3, 0.4) is 0 Å². The molecule has 2 aliphatic heterocycles. The van der Waals surface area contributed by atoms with Gasteiger partial charge in [-0.25, -0.2) is 4.90 Å². The van der Waals surface area contributed by atoms with E-state index in [2.05, 4.69) is 21.2 Å². The fourth-order valence-corrected chi connectivity index (χ4v) is 8.51. The quantitative estimate of drug-likeness (QED) is 0.224. The fraction of sp³-hybridized carbons (Fsp3) is 0.143. The first-order chi connectivity index (χ1) is 19.6. The molecule has 1 N–H and O–H groups in total. The summed E-state index contributed by atoms with van der Waals surface area (Å²) >= 11 is 23.7. The standard InChI is InChI=1S/C28H17BrCl3N3O4S2/c29-14-3-1-13(2-4-14)21-22-23(26(38)35(25(22)37)17-8-5-15(30)6-9-17)40-27-24(21)41-28(39)34(27)12-20(36)33-16-7-10-18(31)19(32)11-16/h1-11,21-23H,12H2,(H,33,36)/t21-,22-,23+/m0/s1. The number of aromatic nitrogens is 1. The summed E-state index contributed by atoms with van der Waals surface area (Å²) < 4.78 is 2.21. The van der Waals surface area contributed by atoms with Crippen molar-refractivity contribution in [2.75, 3.05) is 10.2 Å². The third-order valence-corrected chi connectivity index (χ3v) is 11.0. The van der Waals surface area contributed by atoms with E-state index >= 15 is 0 Å². The highest BCUT2D eigenvalue weighted by atomic mass is 79.9. The van der Waals surface area contributed by atoms with Gasteiger partial charge in [0.05, 0.1) is 26.7 Å². The number of nitrogens with zero attached hydrogens (tertiary/aromatic N) is 2. The minimum absolute atomic E-state index is 0.281. The Bertz CT molecular complexity index is 1780. The number of hydrogen-bond donors (Lipinski definition) is 1. The van der Waals surface area contributed by atoms with Crippen molar-refractivity contribution in [2.45, 2.75) is 22.7 Å². The zero-order valence-corrected chi connectivity index (χ0v) is 26.1. The van der Waals surface area contributed by atoms with Crippen molar-refractivity contribution in [1.29, 1.82) is 0 Å². The first kappa shape index (κ1) is 28.5. The molecule has 0 unspecified atom stereocenters. The summed E-state index contributed by atoms with van der Waals surface area (Å²) in [7, 11) is 0. The van der Waals surface area contributed by atoms with Crippen LogP contribution in [0.5, 0.6) is 0 Å². The molecule has 13 heteroatoms. The number of halogens is 4. The summed E-state index contributed by atoms with van der Waals surface area (Å²) in [6, 6.07) is 18.7. The molecule has 1 aromatic heterocycles. The van der Waals surface area contributed by atoms with Gasteiger partial charge in [-0.2, -0.15) is 0 Å². The van der Waals surface area contributed by atoms with Crippen LogP contribution in [-0.4, -0.2) is 27.5 Å². The zero-order chi connectivity index (χ0) is 29.0. The Balaban J connectivity index is 1.40. The Kier molecular flexibility index (Phi) is 7.82. The zero-order valence-electron chi connectivity index (χ0n) is 20.6. The molecule has 1 fully saturated rings. The van der Waals surface area contributed by atoms with E-state index in [1.54, 1.807) is 36.4 Å².